The molecule has 0 unspecified atom stereocenters. The molecular weight excluding hydrogens is 431 g/mol. The van der Waals surface area contributed by atoms with Gasteiger partial charge in [-0.1, -0.05) is 23.7 Å². The Kier molecular flexibility index (Phi) is 6.11. The molecule has 0 aromatic heterocycles. The van der Waals surface area contributed by atoms with Crippen LogP contribution in [0.3, 0.4) is 0 Å². The monoisotopic (exact) mass is 452 g/mol. The minimum Gasteiger partial charge on any atom is -0.379 e. The van der Waals surface area contributed by atoms with Crippen molar-refractivity contribution in [1.29, 1.82) is 0 Å². The predicted octanol–water partition coefficient (Wildman–Crippen LogP) is 3.30. The van der Waals surface area contributed by atoms with Crippen LogP contribution in [-0.4, -0.2) is 55.9 Å². The zero-order valence-corrected chi connectivity index (χ0v) is 17.8. The molecule has 2 aromatic carbocycles. The lowest BCUT2D eigenvalue weighted by molar-refractivity contribution is 0.0724. The van der Waals surface area contributed by atoms with Gasteiger partial charge in [0.1, 0.15) is 5.82 Å². The first-order valence-electron chi connectivity index (χ1n) is 9.80. The Balaban J connectivity index is 1.61. The summed E-state index contributed by atoms with van der Waals surface area (Å²) in [6, 6.07) is 10.4. The summed E-state index contributed by atoms with van der Waals surface area (Å²) in [7, 11) is -3.72. The molecule has 0 radical (unpaired) electrons. The summed E-state index contributed by atoms with van der Waals surface area (Å²) in [4.78, 5) is 14.9. The number of benzene rings is 2. The van der Waals surface area contributed by atoms with Gasteiger partial charge in [0, 0.05) is 35.3 Å². The molecule has 0 spiro atoms. The van der Waals surface area contributed by atoms with Crippen LogP contribution in [0.25, 0.3) is 0 Å². The number of nitrogens with zero attached hydrogens (tertiary/aromatic N) is 2. The van der Waals surface area contributed by atoms with Crippen LogP contribution in [0, 0.1) is 5.82 Å². The van der Waals surface area contributed by atoms with E-state index in [-0.39, 0.29) is 52.6 Å². The lowest BCUT2D eigenvalue weighted by Crippen LogP contribution is -2.40. The second kappa shape index (κ2) is 8.63. The van der Waals surface area contributed by atoms with Gasteiger partial charge in [-0.2, -0.15) is 4.31 Å². The highest BCUT2D eigenvalue weighted by Crippen LogP contribution is 2.32. The molecule has 0 N–H and O–H groups in total. The van der Waals surface area contributed by atoms with Gasteiger partial charge in [0.05, 0.1) is 24.7 Å². The molecule has 0 atom stereocenters. The fraction of sp³-hybridized carbons (Fsp3) is 0.381. The third kappa shape index (κ3) is 4.37. The van der Waals surface area contributed by atoms with Gasteiger partial charge in [0.2, 0.25) is 10.0 Å². The van der Waals surface area contributed by atoms with Crippen LogP contribution in [0.15, 0.2) is 47.4 Å². The summed E-state index contributed by atoms with van der Waals surface area (Å²) in [5.41, 5.74) is 0.514. The van der Waals surface area contributed by atoms with Crippen LogP contribution in [-0.2, 0) is 21.3 Å². The summed E-state index contributed by atoms with van der Waals surface area (Å²) in [5, 5.41) is 0.261. The van der Waals surface area contributed by atoms with Gasteiger partial charge in [-0.05, 0) is 43.2 Å². The van der Waals surface area contributed by atoms with Crippen LogP contribution in [0.1, 0.15) is 28.8 Å². The van der Waals surface area contributed by atoms with E-state index in [1.165, 1.54) is 28.6 Å². The molecule has 6 nitrogen and oxygen atoms in total. The van der Waals surface area contributed by atoms with Gasteiger partial charge in [-0.3, -0.25) is 4.79 Å². The molecule has 1 aliphatic carbocycles. The van der Waals surface area contributed by atoms with Gasteiger partial charge in [0.15, 0.2) is 0 Å². The van der Waals surface area contributed by atoms with Crippen molar-refractivity contribution in [3.63, 3.8) is 0 Å². The van der Waals surface area contributed by atoms with E-state index in [0.717, 1.165) is 12.8 Å². The first kappa shape index (κ1) is 21.2. The lowest BCUT2D eigenvalue weighted by atomic mass is 10.1. The first-order valence-corrected chi connectivity index (χ1v) is 11.6. The number of hydrogen-bond acceptors (Lipinski definition) is 4. The van der Waals surface area contributed by atoms with Crippen molar-refractivity contribution in [2.45, 2.75) is 30.3 Å². The number of hydrogen-bond donors (Lipinski definition) is 0. The van der Waals surface area contributed by atoms with Gasteiger partial charge in [0.25, 0.3) is 5.91 Å². The van der Waals surface area contributed by atoms with E-state index in [1.54, 1.807) is 23.1 Å². The molecule has 2 aromatic rings. The zero-order valence-electron chi connectivity index (χ0n) is 16.3. The van der Waals surface area contributed by atoms with Crippen LogP contribution >= 0.6 is 11.6 Å². The average molecular weight is 453 g/mol. The minimum atomic E-state index is -3.72. The van der Waals surface area contributed by atoms with Crippen LogP contribution in [0.4, 0.5) is 4.39 Å². The number of morpholine rings is 1. The summed E-state index contributed by atoms with van der Waals surface area (Å²) >= 11 is 6.15. The van der Waals surface area contributed by atoms with E-state index >= 15 is 0 Å². The smallest absolute Gasteiger partial charge is 0.254 e. The van der Waals surface area contributed by atoms with Crippen LogP contribution in [0.5, 0.6) is 0 Å². The van der Waals surface area contributed by atoms with Gasteiger partial charge < -0.3 is 9.64 Å². The normalized spacial score (nSPS) is 17.7. The van der Waals surface area contributed by atoms with Gasteiger partial charge in [-0.15, -0.1) is 0 Å². The Hall–Kier alpha value is -2.00. The SMILES string of the molecule is O=C(c1cccc(S(=O)(=O)N2CCOCC2)c1)N(Cc1c(F)cccc1Cl)C1CC1. The Labute approximate surface area is 180 Å². The number of rotatable bonds is 6. The van der Waals surface area contributed by atoms with Crippen molar-refractivity contribution in [2.75, 3.05) is 26.3 Å². The minimum absolute atomic E-state index is 0.00678. The number of ether oxygens (including phenoxy) is 1. The molecule has 1 amide bonds. The fourth-order valence-electron chi connectivity index (χ4n) is 3.50. The van der Waals surface area contributed by atoms with Gasteiger partial charge >= 0.3 is 0 Å². The van der Waals surface area contributed by atoms with Crippen molar-refractivity contribution >= 4 is 27.5 Å². The van der Waals surface area contributed by atoms with Crippen molar-refractivity contribution in [2.24, 2.45) is 0 Å². The Morgan fingerprint density at radius 3 is 2.53 bits per heavy atom. The van der Waals surface area contributed by atoms with E-state index in [1.807, 2.05) is 0 Å². The summed E-state index contributed by atoms with van der Waals surface area (Å²) in [5.74, 6) is -0.805. The molecule has 4 rings (SSSR count). The third-order valence-corrected chi connectivity index (χ3v) is 7.58. The Bertz CT molecular complexity index is 1030. The van der Waals surface area contributed by atoms with Crippen molar-refractivity contribution in [3.05, 3.63) is 64.4 Å². The maximum Gasteiger partial charge on any atom is 0.254 e. The molecule has 1 aliphatic heterocycles. The molecule has 2 aliphatic rings. The molecule has 0 bridgehead atoms. The second-order valence-electron chi connectivity index (χ2n) is 7.41. The molecule has 2 fully saturated rings. The number of halogens is 2. The molecule has 30 heavy (non-hydrogen) atoms. The maximum atomic E-state index is 14.3. The van der Waals surface area contributed by atoms with Crippen molar-refractivity contribution < 1.29 is 22.3 Å². The molecule has 9 heteroatoms. The molecule has 1 saturated heterocycles. The number of amides is 1. The second-order valence-corrected chi connectivity index (χ2v) is 9.75. The number of carbonyl (C=O) groups is 1. The van der Waals surface area contributed by atoms with Crippen LogP contribution < -0.4 is 0 Å². The fourth-order valence-corrected chi connectivity index (χ4v) is 5.18. The van der Waals surface area contributed by atoms with Gasteiger partial charge in [-0.25, -0.2) is 12.8 Å². The van der Waals surface area contributed by atoms with E-state index in [2.05, 4.69) is 0 Å². The molecule has 160 valence electrons. The summed E-state index contributed by atoms with van der Waals surface area (Å²) in [6.07, 6.45) is 1.65. The van der Waals surface area contributed by atoms with E-state index in [9.17, 15) is 17.6 Å². The van der Waals surface area contributed by atoms with E-state index < -0.39 is 15.8 Å². The molecule has 1 heterocycles. The first-order chi connectivity index (χ1) is 14.4. The lowest BCUT2D eigenvalue weighted by Gasteiger charge is -2.26. The highest BCUT2D eigenvalue weighted by atomic mass is 35.5. The quantitative estimate of drug-likeness (QED) is 0.674. The summed E-state index contributed by atoms with van der Waals surface area (Å²) < 4.78 is 46.7. The highest BCUT2D eigenvalue weighted by molar-refractivity contribution is 7.89. The van der Waals surface area contributed by atoms with Crippen molar-refractivity contribution in [1.82, 2.24) is 9.21 Å². The summed E-state index contributed by atoms with van der Waals surface area (Å²) in [6.45, 7) is 1.28. The van der Waals surface area contributed by atoms with Crippen LogP contribution in [0.2, 0.25) is 5.02 Å². The Morgan fingerprint density at radius 1 is 1.17 bits per heavy atom. The topological polar surface area (TPSA) is 66.9 Å². The van der Waals surface area contributed by atoms with E-state index in [0.29, 0.717) is 13.2 Å². The maximum absolute atomic E-state index is 14.3. The highest BCUT2D eigenvalue weighted by Gasteiger charge is 2.35. The van der Waals surface area contributed by atoms with Crippen molar-refractivity contribution in [3.8, 4) is 0 Å². The standard InChI is InChI=1S/C21H22ClFN2O4S/c22-19-5-2-6-20(23)18(19)14-25(16-7-8-16)21(26)15-3-1-4-17(13-15)30(27,28)24-9-11-29-12-10-24/h1-6,13,16H,7-12,14H2. The molecular formula is C21H22ClFN2O4S. The predicted molar refractivity (Wildman–Crippen MR) is 110 cm³/mol. The Morgan fingerprint density at radius 2 is 1.87 bits per heavy atom. The third-order valence-electron chi connectivity index (χ3n) is 5.33. The largest absolute Gasteiger partial charge is 0.379 e. The zero-order chi connectivity index (χ0) is 21.3. The number of sulfonamides is 1. The molecule has 1 saturated carbocycles. The number of carbonyl (C=O) groups excluding carboxylic acids is 1. The average Bonchev–Trinajstić information content (AvgIpc) is 3.59. The van der Waals surface area contributed by atoms with E-state index in [4.69, 9.17) is 16.3 Å².